The highest BCUT2D eigenvalue weighted by Crippen LogP contribution is 2.32. The summed E-state index contributed by atoms with van der Waals surface area (Å²) in [6, 6.07) is 2.00. The Morgan fingerprint density at radius 3 is 2.92 bits per heavy atom. The molecule has 0 aliphatic heterocycles. The lowest BCUT2D eigenvalue weighted by Crippen LogP contribution is -2.05. The SMILES string of the molecule is Cc1sc(OCCCN)cc1Br. The highest BCUT2D eigenvalue weighted by Gasteiger charge is 2.02. The summed E-state index contributed by atoms with van der Waals surface area (Å²) >= 11 is 5.09. The lowest BCUT2D eigenvalue weighted by Gasteiger charge is -1.99. The molecule has 0 spiro atoms. The number of halogens is 1. The molecule has 0 atom stereocenters. The predicted octanol–water partition coefficient (Wildman–Crippen LogP) is 2.55. The van der Waals surface area contributed by atoms with Crippen LogP contribution in [0.5, 0.6) is 5.06 Å². The molecule has 0 aromatic carbocycles. The van der Waals surface area contributed by atoms with Crippen molar-refractivity contribution in [2.24, 2.45) is 5.73 Å². The molecule has 1 aromatic heterocycles. The van der Waals surface area contributed by atoms with Crippen LogP contribution in [0.4, 0.5) is 0 Å². The molecule has 0 bridgehead atoms. The maximum absolute atomic E-state index is 5.46. The van der Waals surface area contributed by atoms with E-state index in [1.807, 2.05) is 6.07 Å². The highest BCUT2D eigenvalue weighted by atomic mass is 79.9. The van der Waals surface area contributed by atoms with Gasteiger partial charge in [-0.25, -0.2) is 0 Å². The standard InChI is InChI=1S/C8H12BrNOS/c1-6-7(9)5-8(12-6)11-4-2-3-10/h5H,2-4,10H2,1H3. The van der Waals surface area contributed by atoms with E-state index in [1.54, 1.807) is 11.3 Å². The molecule has 0 aliphatic rings. The lowest BCUT2D eigenvalue weighted by atomic mass is 10.5. The number of rotatable bonds is 4. The summed E-state index contributed by atoms with van der Waals surface area (Å²) < 4.78 is 6.58. The number of hydrogen-bond acceptors (Lipinski definition) is 3. The molecule has 0 unspecified atom stereocenters. The van der Waals surface area contributed by atoms with E-state index in [0.717, 1.165) is 16.0 Å². The molecule has 2 N–H and O–H groups in total. The molecule has 4 heteroatoms. The van der Waals surface area contributed by atoms with E-state index in [1.165, 1.54) is 4.88 Å². The van der Waals surface area contributed by atoms with E-state index in [4.69, 9.17) is 10.5 Å². The fourth-order valence-electron chi connectivity index (χ4n) is 0.761. The first-order valence-corrected chi connectivity index (χ1v) is 5.44. The van der Waals surface area contributed by atoms with Crippen LogP contribution < -0.4 is 10.5 Å². The Kier molecular flexibility index (Phi) is 4.05. The molecule has 0 saturated carbocycles. The molecule has 68 valence electrons. The third-order valence-electron chi connectivity index (χ3n) is 1.43. The first kappa shape index (κ1) is 10.0. The molecule has 0 aliphatic carbocycles. The van der Waals surface area contributed by atoms with Gasteiger partial charge >= 0.3 is 0 Å². The van der Waals surface area contributed by atoms with Gasteiger partial charge in [-0.2, -0.15) is 0 Å². The van der Waals surface area contributed by atoms with Crippen molar-refractivity contribution in [2.45, 2.75) is 13.3 Å². The summed E-state index contributed by atoms with van der Waals surface area (Å²) in [6.07, 6.45) is 0.911. The van der Waals surface area contributed by atoms with Crippen molar-refractivity contribution in [2.75, 3.05) is 13.2 Å². The fraction of sp³-hybridized carbons (Fsp3) is 0.500. The van der Waals surface area contributed by atoms with Gasteiger partial charge in [-0.3, -0.25) is 0 Å². The topological polar surface area (TPSA) is 35.2 Å². The second-order valence-corrected chi connectivity index (χ2v) is 4.53. The van der Waals surface area contributed by atoms with E-state index in [9.17, 15) is 0 Å². The molecule has 0 radical (unpaired) electrons. The number of nitrogens with two attached hydrogens (primary N) is 1. The first-order valence-electron chi connectivity index (χ1n) is 3.83. The maximum atomic E-state index is 5.46. The molecule has 2 nitrogen and oxygen atoms in total. The number of aryl methyl sites for hydroxylation is 1. The van der Waals surface area contributed by atoms with Crippen LogP contribution in [0, 0.1) is 6.92 Å². The molecule has 1 heterocycles. The van der Waals surface area contributed by atoms with Crippen molar-refractivity contribution in [3.8, 4) is 5.06 Å². The van der Waals surface area contributed by atoms with Gasteiger partial charge in [-0.15, -0.1) is 11.3 Å². The van der Waals surface area contributed by atoms with Crippen molar-refractivity contribution in [3.05, 3.63) is 15.4 Å². The fourth-order valence-corrected chi connectivity index (χ4v) is 2.14. The van der Waals surface area contributed by atoms with Crippen LogP contribution in [0.1, 0.15) is 11.3 Å². The van der Waals surface area contributed by atoms with Crippen LogP contribution in [-0.4, -0.2) is 13.2 Å². The van der Waals surface area contributed by atoms with Gasteiger partial charge in [0.1, 0.15) is 0 Å². The smallest absolute Gasteiger partial charge is 0.175 e. The molecule has 0 amide bonds. The minimum absolute atomic E-state index is 0.686. The first-order chi connectivity index (χ1) is 5.74. The van der Waals surface area contributed by atoms with Crippen molar-refractivity contribution >= 4 is 27.3 Å². The molecule has 0 fully saturated rings. The molecule has 1 aromatic rings. The second kappa shape index (κ2) is 4.84. The third-order valence-corrected chi connectivity index (χ3v) is 3.48. The van der Waals surface area contributed by atoms with Crippen LogP contribution in [0.2, 0.25) is 0 Å². The molecule has 0 saturated heterocycles. The Balaban J connectivity index is 2.42. The maximum Gasteiger partial charge on any atom is 0.175 e. The summed E-state index contributed by atoms with van der Waals surface area (Å²) in [4.78, 5) is 1.25. The molecule has 12 heavy (non-hydrogen) atoms. The van der Waals surface area contributed by atoms with Gasteiger partial charge in [0.05, 0.1) is 6.61 Å². The van der Waals surface area contributed by atoms with Gasteiger partial charge in [0.15, 0.2) is 5.06 Å². The van der Waals surface area contributed by atoms with Crippen molar-refractivity contribution in [1.82, 2.24) is 0 Å². The molecular weight excluding hydrogens is 238 g/mol. The minimum atomic E-state index is 0.686. The number of hydrogen-bond donors (Lipinski definition) is 1. The predicted molar refractivity (Wildman–Crippen MR) is 55.9 cm³/mol. The zero-order chi connectivity index (χ0) is 8.97. The highest BCUT2D eigenvalue weighted by molar-refractivity contribution is 9.10. The Bertz CT molecular complexity index is 230. The quantitative estimate of drug-likeness (QED) is 0.833. The zero-order valence-electron chi connectivity index (χ0n) is 6.97. The summed E-state index contributed by atoms with van der Waals surface area (Å²) in [7, 11) is 0. The number of ether oxygens (including phenoxy) is 1. The van der Waals surface area contributed by atoms with Crippen LogP contribution in [0.15, 0.2) is 10.5 Å². The van der Waals surface area contributed by atoms with Gasteiger partial charge in [0.25, 0.3) is 0 Å². The number of thiophene rings is 1. The Hall–Kier alpha value is -0.0600. The van der Waals surface area contributed by atoms with Crippen LogP contribution >= 0.6 is 27.3 Å². The monoisotopic (exact) mass is 249 g/mol. The van der Waals surface area contributed by atoms with Crippen LogP contribution in [0.3, 0.4) is 0 Å². The Labute approximate surface area is 84.9 Å². The van der Waals surface area contributed by atoms with Crippen molar-refractivity contribution in [1.29, 1.82) is 0 Å². The van der Waals surface area contributed by atoms with Gasteiger partial charge in [0, 0.05) is 15.4 Å². The van der Waals surface area contributed by atoms with Crippen LogP contribution in [-0.2, 0) is 0 Å². The van der Waals surface area contributed by atoms with E-state index in [0.29, 0.717) is 13.2 Å². The van der Waals surface area contributed by atoms with Gasteiger partial charge < -0.3 is 10.5 Å². The van der Waals surface area contributed by atoms with Gasteiger partial charge in [-0.1, -0.05) is 0 Å². The average Bonchev–Trinajstić information content (AvgIpc) is 2.32. The summed E-state index contributed by atoms with van der Waals surface area (Å²) in [5.74, 6) is 0. The summed E-state index contributed by atoms with van der Waals surface area (Å²) in [5.41, 5.74) is 5.34. The van der Waals surface area contributed by atoms with Crippen molar-refractivity contribution < 1.29 is 4.74 Å². The van der Waals surface area contributed by atoms with Gasteiger partial charge in [-0.05, 0) is 35.8 Å². The van der Waals surface area contributed by atoms with E-state index >= 15 is 0 Å². The summed E-state index contributed by atoms with van der Waals surface area (Å²) in [6.45, 7) is 3.46. The molecular formula is C8H12BrNOS. The van der Waals surface area contributed by atoms with E-state index < -0.39 is 0 Å². The normalized spacial score (nSPS) is 10.2. The van der Waals surface area contributed by atoms with Gasteiger partial charge in [0.2, 0.25) is 0 Å². The van der Waals surface area contributed by atoms with E-state index in [2.05, 4.69) is 22.9 Å². The minimum Gasteiger partial charge on any atom is -0.484 e. The Morgan fingerprint density at radius 1 is 1.67 bits per heavy atom. The van der Waals surface area contributed by atoms with Crippen LogP contribution in [0.25, 0.3) is 0 Å². The Morgan fingerprint density at radius 2 is 2.42 bits per heavy atom. The second-order valence-electron chi connectivity index (χ2n) is 2.46. The average molecular weight is 250 g/mol. The third kappa shape index (κ3) is 2.77. The largest absolute Gasteiger partial charge is 0.484 e. The molecule has 1 rings (SSSR count). The summed E-state index contributed by atoms with van der Waals surface area (Å²) in [5, 5.41) is 0.966. The zero-order valence-corrected chi connectivity index (χ0v) is 9.37. The van der Waals surface area contributed by atoms with E-state index in [-0.39, 0.29) is 0 Å². The van der Waals surface area contributed by atoms with Crippen molar-refractivity contribution in [3.63, 3.8) is 0 Å². The lowest BCUT2D eigenvalue weighted by molar-refractivity contribution is 0.322.